The Morgan fingerprint density at radius 1 is 1.67 bits per heavy atom. The highest BCUT2D eigenvalue weighted by Gasteiger charge is 2.18. The van der Waals surface area contributed by atoms with Crippen LogP contribution in [0, 0.1) is 0 Å². The molecule has 3 N–H and O–H groups in total. The molecule has 86 valence electrons. The Morgan fingerprint density at radius 3 is 3.00 bits per heavy atom. The first-order valence-corrected chi connectivity index (χ1v) is 5.07. The average Bonchev–Trinajstić information content (AvgIpc) is 2.75. The van der Waals surface area contributed by atoms with Crippen LogP contribution >= 0.6 is 12.4 Å². The van der Waals surface area contributed by atoms with Gasteiger partial charge in [0.15, 0.2) is 5.82 Å². The molecule has 5 nitrogen and oxygen atoms in total. The molecular weight excluding hydrogens is 216 g/mol. The summed E-state index contributed by atoms with van der Waals surface area (Å²) in [4.78, 5) is 4.23. The van der Waals surface area contributed by atoms with E-state index in [2.05, 4.69) is 15.5 Å². The zero-order valence-corrected chi connectivity index (χ0v) is 9.59. The van der Waals surface area contributed by atoms with Crippen molar-refractivity contribution in [1.29, 1.82) is 0 Å². The molecule has 0 amide bonds. The van der Waals surface area contributed by atoms with Crippen molar-refractivity contribution in [1.82, 2.24) is 15.5 Å². The fourth-order valence-corrected chi connectivity index (χ4v) is 1.68. The van der Waals surface area contributed by atoms with E-state index in [9.17, 15) is 0 Å². The quantitative estimate of drug-likeness (QED) is 0.807. The second-order valence-corrected chi connectivity index (χ2v) is 3.83. The van der Waals surface area contributed by atoms with Crippen molar-refractivity contribution in [3.63, 3.8) is 0 Å². The third-order valence-corrected chi connectivity index (χ3v) is 2.47. The largest absolute Gasteiger partial charge is 0.339 e. The van der Waals surface area contributed by atoms with E-state index in [4.69, 9.17) is 10.3 Å². The minimum Gasteiger partial charge on any atom is -0.339 e. The van der Waals surface area contributed by atoms with Gasteiger partial charge in [-0.2, -0.15) is 4.98 Å². The van der Waals surface area contributed by atoms with Crippen molar-refractivity contribution in [2.75, 3.05) is 6.54 Å². The van der Waals surface area contributed by atoms with Crippen LogP contribution in [0.4, 0.5) is 0 Å². The summed E-state index contributed by atoms with van der Waals surface area (Å²) in [6, 6.07) is 0.348. The molecule has 0 aliphatic carbocycles. The van der Waals surface area contributed by atoms with E-state index < -0.39 is 0 Å². The molecule has 0 bridgehead atoms. The standard InChI is InChI=1S/C9H16N4O.ClH/c1-6(10)9-12-8(14-13-9)5-7-3-2-4-11-7;/h6-7,11H,2-5,10H2,1H3;1H. The van der Waals surface area contributed by atoms with Crippen molar-refractivity contribution < 1.29 is 4.52 Å². The number of nitrogens with two attached hydrogens (primary N) is 1. The SMILES string of the molecule is CC(N)c1noc(CC2CCCN2)n1.Cl. The van der Waals surface area contributed by atoms with Gasteiger partial charge in [0.25, 0.3) is 0 Å². The molecule has 1 saturated heterocycles. The monoisotopic (exact) mass is 232 g/mol. The first kappa shape index (κ1) is 12.4. The average molecular weight is 233 g/mol. The van der Waals surface area contributed by atoms with Gasteiger partial charge in [-0.15, -0.1) is 12.4 Å². The number of nitrogens with one attached hydrogen (secondary N) is 1. The van der Waals surface area contributed by atoms with Crippen LogP contribution in [0.5, 0.6) is 0 Å². The van der Waals surface area contributed by atoms with Crippen LogP contribution in [0.1, 0.15) is 37.5 Å². The summed E-state index contributed by atoms with van der Waals surface area (Å²) in [5.41, 5.74) is 5.63. The maximum absolute atomic E-state index is 5.63. The lowest BCUT2D eigenvalue weighted by atomic mass is 10.1. The normalized spacial score (nSPS) is 22.4. The maximum Gasteiger partial charge on any atom is 0.228 e. The Labute approximate surface area is 95.2 Å². The van der Waals surface area contributed by atoms with E-state index in [-0.39, 0.29) is 18.4 Å². The van der Waals surface area contributed by atoms with Crippen LogP contribution in [0.3, 0.4) is 0 Å². The van der Waals surface area contributed by atoms with E-state index in [1.807, 2.05) is 6.92 Å². The van der Waals surface area contributed by atoms with Gasteiger partial charge in [-0.1, -0.05) is 5.16 Å². The Balaban J connectivity index is 0.00000112. The molecule has 1 aliphatic heterocycles. The predicted molar refractivity (Wildman–Crippen MR) is 58.9 cm³/mol. The molecule has 0 saturated carbocycles. The van der Waals surface area contributed by atoms with Crippen molar-refractivity contribution in [2.24, 2.45) is 5.73 Å². The highest BCUT2D eigenvalue weighted by molar-refractivity contribution is 5.85. The minimum atomic E-state index is -0.149. The van der Waals surface area contributed by atoms with E-state index in [0.29, 0.717) is 17.8 Å². The number of aromatic nitrogens is 2. The molecule has 2 heterocycles. The number of halogens is 1. The van der Waals surface area contributed by atoms with Gasteiger partial charge >= 0.3 is 0 Å². The van der Waals surface area contributed by atoms with Gasteiger partial charge in [-0.25, -0.2) is 0 Å². The molecule has 2 rings (SSSR count). The molecule has 6 heteroatoms. The van der Waals surface area contributed by atoms with E-state index in [0.717, 1.165) is 13.0 Å². The first-order chi connectivity index (χ1) is 6.75. The number of nitrogens with zero attached hydrogens (tertiary/aromatic N) is 2. The van der Waals surface area contributed by atoms with Crippen molar-refractivity contribution in [3.8, 4) is 0 Å². The highest BCUT2D eigenvalue weighted by atomic mass is 35.5. The summed E-state index contributed by atoms with van der Waals surface area (Å²) in [7, 11) is 0. The van der Waals surface area contributed by atoms with Crippen LogP contribution in [0.2, 0.25) is 0 Å². The summed E-state index contributed by atoms with van der Waals surface area (Å²) < 4.78 is 5.11. The molecule has 15 heavy (non-hydrogen) atoms. The molecule has 1 aliphatic rings. The lowest BCUT2D eigenvalue weighted by molar-refractivity contribution is 0.358. The van der Waals surface area contributed by atoms with Gasteiger partial charge in [0.05, 0.1) is 6.04 Å². The molecule has 0 aromatic carbocycles. The molecule has 2 unspecified atom stereocenters. The smallest absolute Gasteiger partial charge is 0.228 e. The van der Waals surface area contributed by atoms with Crippen LogP contribution in [0.15, 0.2) is 4.52 Å². The molecular formula is C9H17ClN4O. The molecule has 2 atom stereocenters. The van der Waals surface area contributed by atoms with Crippen molar-refractivity contribution >= 4 is 12.4 Å². The lowest BCUT2D eigenvalue weighted by Crippen LogP contribution is -2.23. The Morgan fingerprint density at radius 2 is 2.47 bits per heavy atom. The second-order valence-electron chi connectivity index (χ2n) is 3.83. The molecule has 1 aromatic heterocycles. The van der Waals surface area contributed by atoms with Crippen molar-refractivity contribution in [3.05, 3.63) is 11.7 Å². The van der Waals surface area contributed by atoms with E-state index in [1.165, 1.54) is 12.8 Å². The van der Waals surface area contributed by atoms with Gasteiger partial charge < -0.3 is 15.6 Å². The lowest BCUT2D eigenvalue weighted by Gasteiger charge is -2.04. The zero-order valence-electron chi connectivity index (χ0n) is 8.77. The van der Waals surface area contributed by atoms with Crippen LogP contribution in [-0.2, 0) is 6.42 Å². The van der Waals surface area contributed by atoms with Gasteiger partial charge in [0.1, 0.15) is 0 Å². The molecule has 1 fully saturated rings. The number of hydrogen-bond donors (Lipinski definition) is 2. The zero-order chi connectivity index (χ0) is 9.97. The Kier molecular flexibility index (Phi) is 4.50. The first-order valence-electron chi connectivity index (χ1n) is 5.07. The van der Waals surface area contributed by atoms with Crippen LogP contribution < -0.4 is 11.1 Å². The van der Waals surface area contributed by atoms with Gasteiger partial charge in [0.2, 0.25) is 5.89 Å². The van der Waals surface area contributed by atoms with E-state index in [1.54, 1.807) is 0 Å². The number of hydrogen-bond acceptors (Lipinski definition) is 5. The van der Waals surface area contributed by atoms with Gasteiger partial charge in [-0.3, -0.25) is 0 Å². The molecule has 0 spiro atoms. The van der Waals surface area contributed by atoms with Gasteiger partial charge in [-0.05, 0) is 26.3 Å². The topological polar surface area (TPSA) is 77.0 Å². The summed E-state index contributed by atoms with van der Waals surface area (Å²) in [6.07, 6.45) is 3.24. The maximum atomic E-state index is 5.63. The summed E-state index contributed by atoms with van der Waals surface area (Å²) in [6.45, 7) is 2.95. The fourth-order valence-electron chi connectivity index (χ4n) is 1.68. The summed E-state index contributed by atoms with van der Waals surface area (Å²) in [5, 5.41) is 7.20. The highest BCUT2D eigenvalue weighted by Crippen LogP contribution is 2.12. The Hall–Kier alpha value is -0.650. The van der Waals surface area contributed by atoms with Crippen LogP contribution in [0.25, 0.3) is 0 Å². The van der Waals surface area contributed by atoms with Crippen molar-refractivity contribution in [2.45, 2.75) is 38.3 Å². The van der Waals surface area contributed by atoms with Crippen LogP contribution in [-0.4, -0.2) is 22.7 Å². The summed E-state index contributed by atoms with van der Waals surface area (Å²) >= 11 is 0. The van der Waals surface area contributed by atoms with Gasteiger partial charge in [0, 0.05) is 12.5 Å². The third-order valence-electron chi connectivity index (χ3n) is 2.47. The third kappa shape index (κ3) is 3.15. The Bertz CT molecular complexity index is 296. The predicted octanol–water partition coefficient (Wildman–Crippen LogP) is 0.806. The molecule has 1 aromatic rings. The minimum absolute atomic E-state index is 0. The fraction of sp³-hybridized carbons (Fsp3) is 0.778. The van der Waals surface area contributed by atoms with E-state index >= 15 is 0 Å². The molecule has 0 radical (unpaired) electrons. The summed E-state index contributed by atoms with van der Waals surface area (Å²) in [5.74, 6) is 1.29. The second kappa shape index (κ2) is 5.44. The number of rotatable bonds is 3.